The highest BCUT2D eigenvalue weighted by Gasteiger charge is 2.29. The molecule has 37 heavy (non-hydrogen) atoms. The zero-order valence-electron chi connectivity index (χ0n) is 22.0. The normalized spacial score (nSPS) is 29.6. The van der Waals surface area contributed by atoms with Crippen LogP contribution < -0.4 is 0 Å². The van der Waals surface area contributed by atoms with Gasteiger partial charge in [0, 0.05) is 38.2 Å². The van der Waals surface area contributed by atoms with Crippen LogP contribution in [0, 0.1) is 23.5 Å². The number of benzene rings is 1. The molecule has 0 radical (unpaired) electrons. The predicted molar refractivity (Wildman–Crippen MR) is 137 cm³/mol. The van der Waals surface area contributed by atoms with Crippen molar-refractivity contribution in [3.63, 3.8) is 0 Å². The van der Waals surface area contributed by atoms with Crippen LogP contribution in [0.3, 0.4) is 0 Å². The molecule has 2 aliphatic heterocycles. The fraction of sp³-hybridized carbons (Fsp3) is 0.571. The van der Waals surface area contributed by atoms with Crippen molar-refractivity contribution < 1.29 is 33.0 Å². The van der Waals surface area contributed by atoms with Crippen LogP contribution in [-0.2, 0) is 14.3 Å². The number of piperazine rings is 1. The Hall–Kier alpha value is -2.78. The number of carbonyl (C=O) groups is 2. The average molecular weight is 521 g/mol. The van der Waals surface area contributed by atoms with E-state index in [2.05, 4.69) is 4.90 Å². The Kier molecular flexibility index (Phi) is 10.2. The zero-order chi connectivity index (χ0) is 27.1. The van der Waals surface area contributed by atoms with Crippen LogP contribution in [0.5, 0.6) is 0 Å². The Morgan fingerprint density at radius 3 is 2.38 bits per heavy atom. The molecule has 0 saturated carbocycles. The van der Waals surface area contributed by atoms with Gasteiger partial charge in [-0.1, -0.05) is 26.0 Å². The SMILES string of the molecule is C/C(=C\c1cc(F)cc(F)c1)[C@H]1OC(=O)C[C@H](O)CC[C@H](C)[C@@H](OC(=O)N2CCN(C)CC2)/C=C/[C@@H]1C. The second-order valence-corrected chi connectivity index (χ2v) is 10.3. The number of hydrogen-bond donors (Lipinski definition) is 1. The van der Waals surface area contributed by atoms with Gasteiger partial charge in [0.15, 0.2) is 0 Å². The molecule has 9 heteroatoms. The van der Waals surface area contributed by atoms with Gasteiger partial charge in [-0.05, 0) is 62.1 Å². The number of carbonyl (C=O) groups excluding carboxylic acids is 2. The molecule has 0 spiro atoms. The Morgan fingerprint density at radius 1 is 1.08 bits per heavy atom. The second-order valence-electron chi connectivity index (χ2n) is 10.3. The van der Waals surface area contributed by atoms with Crippen molar-refractivity contribution in [2.45, 2.75) is 58.3 Å². The molecule has 0 unspecified atom stereocenters. The molecule has 0 bridgehead atoms. The number of nitrogens with zero attached hydrogens (tertiary/aromatic N) is 2. The van der Waals surface area contributed by atoms with Gasteiger partial charge < -0.3 is 24.4 Å². The Morgan fingerprint density at radius 2 is 1.73 bits per heavy atom. The summed E-state index contributed by atoms with van der Waals surface area (Å²) in [6.45, 7) is 8.28. The maximum Gasteiger partial charge on any atom is 0.410 e. The van der Waals surface area contributed by atoms with Crippen LogP contribution >= 0.6 is 0 Å². The number of ether oxygens (including phenoxy) is 2. The summed E-state index contributed by atoms with van der Waals surface area (Å²) in [5.41, 5.74) is 0.891. The van der Waals surface area contributed by atoms with Crippen molar-refractivity contribution in [1.29, 1.82) is 0 Å². The Labute approximate surface area is 217 Å². The lowest BCUT2D eigenvalue weighted by molar-refractivity contribution is -0.151. The van der Waals surface area contributed by atoms with E-state index in [1.165, 1.54) is 12.1 Å². The van der Waals surface area contributed by atoms with Crippen molar-refractivity contribution in [3.8, 4) is 0 Å². The van der Waals surface area contributed by atoms with E-state index in [4.69, 9.17) is 9.47 Å². The average Bonchev–Trinajstić information content (AvgIpc) is 2.82. The fourth-order valence-corrected chi connectivity index (χ4v) is 4.63. The van der Waals surface area contributed by atoms with Crippen molar-refractivity contribution in [2.75, 3.05) is 33.2 Å². The highest BCUT2D eigenvalue weighted by Crippen LogP contribution is 2.26. The van der Waals surface area contributed by atoms with Crippen LogP contribution in [0.1, 0.15) is 45.6 Å². The number of likely N-dealkylation sites (N-methyl/N-ethyl adjacent to an activating group) is 1. The van der Waals surface area contributed by atoms with Crippen molar-refractivity contribution in [1.82, 2.24) is 9.80 Å². The fourth-order valence-electron chi connectivity index (χ4n) is 4.63. The number of hydrogen-bond acceptors (Lipinski definition) is 6. The summed E-state index contributed by atoms with van der Waals surface area (Å²) in [5, 5.41) is 10.4. The minimum Gasteiger partial charge on any atom is -0.457 e. The number of aliphatic hydroxyl groups is 1. The number of rotatable bonds is 3. The Bertz CT molecular complexity index is 986. The molecule has 1 N–H and O–H groups in total. The maximum atomic E-state index is 13.7. The van der Waals surface area contributed by atoms with Gasteiger partial charge in [-0.2, -0.15) is 0 Å². The van der Waals surface area contributed by atoms with Crippen LogP contribution in [-0.4, -0.2) is 78.5 Å². The third-order valence-corrected chi connectivity index (χ3v) is 6.99. The van der Waals surface area contributed by atoms with E-state index in [1.54, 1.807) is 17.9 Å². The van der Waals surface area contributed by atoms with Gasteiger partial charge >= 0.3 is 12.1 Å². The summed E-state index contributed by atoms with van der Waals surface area (Å²) in [6, 6.07) is 3.19. The number of cyclic esters (lactones) is 1. The molecule has 2 aliphatic rings. The first kappa shape index (κ1) is 28.8. The van der Waals surface area contributed by atoms with E-state index in [0.717, 1.165) is 19.2 Å². The molecule has 2 heterocycles. The minimum absolute atomic E-state index is 0.0877. The topological polar surface area (TPSA) is 79.3 Å². The van der Waals surface area contributed by atoms with Crippen molar-refractivity contribution in [3.05, 3.63) is 53.1 Å². The lowest BCUT2D eigenvalue weighted by Gasteiger charge is -2.33. The summed E-state index contributed by atoms with van der Waals surface area (Å²) >= 11 is 0. The monoisotopic (exact) mass is 520 g/mol. The number of aliphatic hydroxyl groups excluding tert-OH is 1. The smallest absolute Gasteiger partial charge is 0.410 e. The summed E-state index contributed by atoms with van der Waals surface area (Å²) in [7, 11) is 2.01. The molecule has 204 valence electrons. The summed E-state index contributed by atoms with van der Waals surface area (Å²) < 4.78 is 39.0. The summed E-state index contributed by atoms with van der Waals surface area (Å²) in [5.74, 6) is -2.39. The van der Waals surface area contributed by atoms with Crippen molar-refractivity contribution >= 4 is 18.1 Å². The predicted octanol–water partition coefficient (Wildman–Crippen LogP) is 4.41. The number of esters is 1. The largest absolute Gasteiger partial charge is 0.457 e. The van der Waals surface area contributed by atoms with E-state index in [1.807, 2.05) is 33.0 Å². The first-order valence-electron chi connectivity index (χ1n) is 12.9. The minimum atomic E-state index is -0.898. The molecule has 1 saturated heterocycles. The standard InChI is InChI=1S/C28H38F2N2O5/c1-18-5-7-24(33)17-26(34)37-27(20(3)13-21-14-22(29)16-23(30)15-21)19(2)6-8-25(18)36-28(35)32-11-9-31(4)10-12-32/h6,8,13-16,18-19,24-25,27,33H,5,7,9-12,17H2,1-4H3/b8-6+,20-13+/t18-,19-,24+,25-,27-/m0/s1. The van der Waals surface area contributed by atoms with Gasteiger partial charge in [0.1, 0.15) is 23.8 Å². The van der Waals surface area contributed by atoms with Gasteiger partial charge in [-0.3, -0.25) is 4.79 Å². The van der Waals surface area contributed by atoms with E-state index in [-0.39, 0.29) is 24.3 Å². The van der Waals surface area contributed by atoms with Crippen molar-refractivity contribution in [2.24, 2.45) is 11.8 Å². The van der Waals surface area contributed by atoms with Crippen LogP contribution in [0.2, 0.25) is 0 Å². The van der Waals surface area contributed by atoms with E-state index >= 15 is 0 Å². The summed E-state index contributed by atoms with van der Waals surface area (Å²) in [6.07, 6.45) is 3.42. The number of halogens is 2. The summed E-state index contributed by atoms with van der Waals surface area (Å²) in [4.78, 5) is 29.3. The van der Waals surface area contributed by atoms with Gasteiger partial charge in [0.25, 0.3) is 0 Å². The molecule has 0 aromatic heterocycles. The van der Waals surface area contributed by atoms with E-state index < -0.39 is 35.9 Å². The molecule has 7 nitrogen and oxygen atoms in total. The van der Waals surface area contributed by atoms with E-state index in [0.29, 0.717) is 37.1 Å². The third-order valence-electron chi connectivity index (χ3n) is 6.99. The molecular formula is C28H38F2N2O5. The molecule has 0 aliphatic carbocycles. The maximum absolute atomic E-state index is 13.7. The zero-order valence-corrected chi connectivity index (χ0v) is 22.0. The van der Waals surface area contributed by atoms with Crippen LogP contribution in [0.25, 0.3) is 6.08 Å². The first-order chi connectivity index (χ1) is 17.5. The molecule has 3 rings (SSSR count). The lowest BCUT2D eigenvalue weighted by Crippen LogP contribution is -2.48. The number of amides is 1. The molecule has 5 atom stereocenters. The van der Waals surface area contributed by atoms with Crippen LogP contribution in [0.15, 0.2) is 35.9 Å². The molecule has 1 fully saturated rings. The molecule has 1 aromatic carbocycles. The third kappa shape index (κ3) is 8.64. The molecule has 1 aromatic rings. The van der Waals surface area contributed by atoms with Gasteiger partial charge in [0.2, 0.25) is 0 Å². The second kappa shape index (κ2) is 13.1. The molecular weight excluding hydrogens is 482 g/mol. The van der Waals surface area contributed by atoms with Gasteiger partial charge in [-0.25, -0.2) is 13.6 Å². The Balaban J connectivity index is 1.84. The lowest BCUT2D eigenvalue weighted by atomic mass is 9.91. The van der Waals surface area contributed by atoms with Crippen LogP contribution in [0.4, 0.5) is 13.6 Å². The van der Waals surface area contributed by atoms with Gasteiger partial charge in [0.05, 0.1) is 12.5 Å². The quantitative estimate of drug-likeness (QED) is 0.470. The van der Waals surface area contributed by atoms with Gasteiger partial charge in [-0.15, -0.1) is 0 Å². The first-order valence-corrected chi connectivity index (χ1v) is 12.9. The van der Waals surface area contributed by atoms with E-state index in [9.17, 15) is 23.5 Å². The molecule has 1 amide bonds. The highest BCUT2D eigenvalue weighted by molar-refractivity contribution is 5.71. The highest BCUT2D eigenvalue weighted by atomic mass is 19.1.